The van der Waals surface area contributed by atoms with Crippen molar-refractivity contribution in [1.29, 1.82) is 0 Å². The fourth-order valence-corrected chi connectivity index (χ4v) is 6.09. The van der Waals surface area contributed by atoms with Crippen molar-refractivity contribution in [1.82, 2.24) is 9.62 Å². The van der Waals surface area contributed by atoms with Crippen LogP contribution in [-0.2, 0) is 9.53 Å². The summed E-state index contributed by atoms with van der Waals surface area (Å²) in [5.74, 6) is 2.13. The number of piperidine rings is 1. The minimum absolute atomic E-state index is 0.185. The molecule has 0 unspecified atom stereocenters. The summed E-state index contributed by atoms with van der Waals surface area (Å²) in [5.41, 5.74) is 0. The van der Waals surface area contributed by atoms with Gasteiger partial charge in [-0.2, -0.15) is 0 Å². The van der Waals surface area contributed by atoms with Gasteiger partial charge in [-0.25, -0.2) is 0 Å². The smallest absolute Gasteiger partial charge is 0.219 e. The summed E-state index contributed by atoms with van der Waals surface area (Å²) in [7, 11) is 0. The van der Waals surface area contributed by atoms with E-state index in [1.54, 1.807) is 18.9 Å². The van der Waals surface area contributed by atoms with Crippen LogP contribution >= 0.6 is 11.9 Å². The van der Waals surface area contributed by atoms with E-state index in [1.807, 2.05) is 4.90 Å². The Bertz CT molecular complexity index is 432. The van der Waals surface area contributed by atoms with E-state index < -0.39 is 0 Å². The van der Waals surface area contributed by atoms with Crippen LogP contribution in [0, 0.1) is 11.8 Å². The van der Waals surface area contributed by atoms with Crippen molar-refractivity contribution >= 4 is 17.9 Å². The molecule has 26 heavy (non-hydrogen) atoms. The third-order valence-electron chi connectivity index (χ3n) is 6.99. The summed E-state index contributed by atoms with van der Waals surface area (Å²) in [6.45, 7) is 3.27. The predicted octanol–water partition coefficient (Wildman–Crippen LogP) is 4.39. The maximum atomic E-state index is 12.1. The number of ether oxygens (including phenoxy) is 1. The standard InChI is InChI=1S/C21H38N2O2S/c1-16(24)23-14-6-9-20(22-26-2)21(23)15-25-19-12-10-18(11-13-19)17-7-4-3-5-8-17/h17-22H,3-15H2,1-2H3/t18?,19?,20-,21-/m0/s1. The average molecular weight is 383 g/mol. The van der Waals surface area contributed by atoms with Crippen LogP contribution in [0.15, 0.2) is 0 Å². The molecule has 150 valence electrons. The van der Waals surface area contributed by atoms with Crippen molar-refractivity contribution < 1.29 is 9.53 Å². The second-order valence-electron chi connectivity index (χ2n) is 8.62. The van der Waals surface area contributed by atoms with Crippen molar-refractivity contribution in [2.75, 3.05) is 19.4 Å². The van der Waals surface area contributed by atoms with Crippen molar-refractivity contribution in [2.24, 2.45) is 11.8 Å². The van der Waals surface area contributed by atoms with Crippen molar-refractivity contribution in [3.8, 4) is 0 Å². The molecule has 0 radical (unpaired) electrons. The molecule has 2 aliphatic carbocycles. The van der Waals surface area contributed by atoms with E-state index in [2.05, 4.69) is 11.0 Å². The minimum atomic E-state index is 0.185. The van der Waals surface area contributed by atoms with Crippen LogP contribution in [0.2, 0.25) is 0 Å². The first-order valence-electron chi connectivity index (χ1n) is 10.9. The van der Waals surface area contributed by atoms with Crippen LogP contribution in [-0.4, -0.2) is 48.4 Å². The molecular weight excluding hydrogens is 344 g/mol. The van der Waals surface area contributed by atoms with Gasteiger partial charge in [0.25, 0.3) is 0 Å². The van der Waals surface area contributed by atoms with Crippen LogP contribution in [0.25, 0.3) is 0 Å². The Balaban J connectivity index is 1.46. The molecule has 2 atom stereocenters. The molecule has 5 heteroatoms. The number of amides is 1. The normalized spacial score (nSPS) is 34.0. The fraction of sp³-hybridized carbons (Fsp3) is 0.952. The fourth-order valence-electron chi connectivity index (χ4n) is 5.51. The van der Waals surface area contributed by atoms with Crippen molar-refractivity contribution in [3.63, 3.8) is 0 Å². The van der Waals surface area contributed by atoms with Gasteiger partial charge in [-0.3, -0.25) is 9.52 Å². The Morgan fingerprint density at radius 2 is 1.69 bits per heavy atom. The predicted molar refractivity (Wildman–Crippen MR) is 109 cm³/mol. The van der Waals surface area contributed by atoms with Gasteiger partial charge in [0.2, 0.25) is 5.91 Å². The number of carbonyl (C=O) groups excluding carboxylic acids is 1. The van der Waals surface area contributed by atoms with Crippen molar-refractivity contribution in [2.45, 2.75) is 95.7 Å². The highest BCUT2D eigenvalue weighted by Crippen LogP contribution is 2.39. The molecule has 0 bridgehead atoms. The first-order chi connectivity index (χ1) is 12.7. The number of nitrogens with one attached hydrogen (secondary N) is 1. The largest absolute Gasteiger partial charge is 0.376 e. The van der Waals surface area contributed by atoms with E-state index in [9.17, 15) is 4.79 Å². The molecule has 3 fully saturated rings. The van der Waals surface area contributed by atoms with Crippen LogP contribution in [0.4, 0.5) is 0 Å². The second-order valence-corrected chi connectivity index (χ2v) is 9.26. The van der Waals surface area contributed by atoms with Crippen LogP contribution < -0.4 is 4.72 Å². The lowest BCUT2D eigenvalue weighted by atomic mass is 9.73. The summed E-state index contributed by atoms with van der Waals surface area (Å²) in [4.78, 5) is 14.1. The van der Waals surface area contributed by atoms with Gasteiger partial charge in [0.15, 0.2) is 0 Å². The number of hydrogen-bond donors (Lipinski definition) is 1. The van der Waals surface area contributed by atoms with E-state index in [0.29, 0.717) is 18.8 Å². The van der Waals surface area contributed by atoms with E-state index in [-0.39, 0.29) is 11.9 Å². The van der Waals surface area contributed by atoms with Crippen LogP contribution in [0.3, 0.4) is 0 Å². The summed E-state index contributed by atoms with van der Waals surface area (Å²) in [5, 5.41) is 0. The third-order valence-corrected chi connectivity index (χ3v) is 7.53. The van der Waals surface area contributed by atoms with Gasteiger partial charge in [-0.15, -0.1) is 0 Å². The van der Waals surface area contributed by atoms with E-state index in [1.165, 1.54) is 57.8 Å². The lowest BCUT2D eigenvalue weighted by Crippen LogP contribution is -2.56. The zero-order chi connectivity index (χ0) is 18.4. The summed E-state index contributed by atoms with van der Waals surface area (Å²) >= 11 is 1.66. The molecule has 1 aliphatic heterocycles. The highest BCUT2D eigenvalue weighted by molar-refractivity contribution is 7.96. The Labute approximate surface area is 164 Å². The maximum Gasteiger partial charge on any atom is 0.219 e. The first-order valence-corrected chi connectivity index (χ1v) is 12.1. The zero-order valence-electron chi connectivity index (χ0n) is 16.8. The molecule has 0 aromatic heterocycles. The summed E-state index contributed by atoms with van der Waals surface area (Å²) in [6.07, 6.45) is 17.1. The van der Waals surface area contributed by atoms with Gasteiger partial charge >= 0.3 is 0 Å². The summed E-state index contributed by atoms with van der Waals surface area (Å²) in [6, 6.07) is 0.533. The molecule has 0 aromatic rings. The first kappa shape index (κ1) is 20.5. The van der Waals surface area contributed by atoms with E-state index in [0.717, 1.165) is 31.2 Å². The molecule has 3 rings (SSSR count). The topological polar surface area (TPSA) is 41.6 Å². The van der Waals surface area contributed by atoms with Gasteiger partial charge in [0, 0.05) is 19.5 Å². The number of carbonyl (C=O) groups is 1. The molecule has 1 heterocycles. The lowest BCUT2D eigenvalue weighted by Gasteiger charge is -2.42. The maximum absolute atomic E-state index is 12.1. The van der Waals surface area contributed by atoms with Gasteiger partial charge in [-0.05, 0) is 56.6 Å². The summed E-state index contributed by atoms with van der Waals surface area (Å²) < 4.78 is 9.87. The zero-order valence-corrected chi connectivity index (χ0v) is 17.6. The SMILES string of the molecule is CSN[C@H]1CCCN(C(C)=O)[C@H]1COC1CCC(C2CCCCC2)CC1. The lowest BCUT2D eigenvalue weighted by molar-refractivity contribution is -0.136. The molecule has 0 aromatic carbocycles. The molecule has 0 spiro atoms. The molecular formula is C21H38N2O2S. The monoisotopic (exact) mass is 382 g/mol. The van der Waals surface area contributed by atoms with Gasteiger partial charge in [0.05, 0.1) is 18.8 Å². The Hall–Kier alpha value is -0.260. The van der Waals surface area contributed by atoms with Gasteiger partial charge in [0.1, 0.15) is 0 Å². The molecule has 2 saturated carbocycles. The molecule has 1 N–H and O–H groups in total. The number of nitrogens with zero attached hydrogens (tertiary/aromatic N) is 1. The highest BCUT2D eigenvalue weighted by atomic mass is 32.2. The van der Waals surface area contributed by atoms with Crippen molar-refractivity contribution in [3.05, 3.63) is 0 Å². The molecule has 3 aliphatic rings. The van der Waals surface area contributed by atoms with Gasteiger partial charge in [-0.1, -0.05) is 44.1 Å². The number of hydrogen-bond acceptors (Lipinski definition) is 4. The van der Waals surface area contributed by atoms with E-state index in [4.69, 9.17) is 4.74 Å². The van der Waals surface area contributed by atoms with Crippen LogP contribution in [0.5, 0.6) is 0 Å². The second kappa shape index (κ2) is 10.3. The quantitative estimate of drug-likeness (QED) is 0.692. The molecule has 1 amide bonds. The Morgan fingerprint density at radius 3 is 2.35 bits per heavy atom. The number of rotatable bonds is 6. The van der Waals surface area contributed by atoms with Crippen LogP contribution in [0.1, 0.15) is 77.6 Å². The van der Waals surface area contributed by atoms with Gasteiger partial charge < -0.3 is 9.64 Å². The number of likely N-dealkylation sites (tertiary alicyclic amines) is 1. The highest BCUT2D eigenvalue weighted by Gasteiger charge is 2.34. The Kier molecular flexibility index (Phi) is 8.13. The Morgan fingerprint density at radius 1 is 1.00 bits per heavy atom. The molecule has 1 saturated heterocycles. The van der Waals surface area contributed by atoms with E-state index >= 15 is 0 Å². The minimum Gasteiger partial charge on any atom is -0.376 e. The average Bonchev–Trinajstić information content (AvgIpc) is 2.68. The third kappa shape index (κ3) is 5.39. The molecule has 4 nitrogen and oxygen atoms in total.